The number of nitrogens with zero attached hydrogens (tertiary/aromatic N) is 5. The molecule has 0 bridgehead atoms. The monoisotopic (exact) mass is 512 g/mol. The van der Waals surface area contributed by atoms with Gasteiger partial charge in [-0.15, -0.1) is 0 Å². The highest BCUT2D eigenvalue weighted by Crippen LogP contribution is 2.29. The van der Waals surface area contributed by atoms with Crippen LogP contribution in [0.25, 0.3) is 5.82 Å². The minimum absolute atomic E-state index is 0.0954. The summed E-state index contributed by atoms with van der Waals surface area (Å²) in [6.07, 6.45) is 1.58. The third-order valence-corrected chi connectivity index (χ3v) is 6.70. The maximum Gasteiger partial charge on any atom is 0.229 e. The van der Waals surface area contributed by atoms with Crippen molar-refractivity contribution in [1.29, 1.82) is 0 Å². The van der Waals surface area contributed by atoms with Crippen LogP contribution in [0.15, 0.2) is 60.9 Å². The van der Waals surface area contributed by atoms with Crippen molar-refractivity contribution >= 4 is 23.2 Å². The van der Waals surface area contributed by atoms with Gasteiger partial charge < -0.3 is 19.7 Å². The lowest BCUT2D eigenvalue weighted by Gasteiger charge is -2.17. The summed E-state index contributed by atoms with van der Waals surface area (Å²) >= 11 is 0. The van der Waals surface area contributed by atoms with E-state index >= 15 is 0 Å². The van der Waals surface area contributed by atoms with Crippen LogP contribution in [0.3, 0.4) is 0 Å². The first kappa shape index (κ1) is 24.9. The van der Waals surface area contributed by atoms with Crippen LogP contribution in [0.2, 0.25) is 0 Å². The molecule has 10 nitrogen and oxygen atoms in total. The van der Waals surface area contributed by atoms with E-state index in [0.717, 1.165) is 17.0 Å². The Hall–Kier alpha value is -4.73. The van der Waals surface area contributed by atoms with E-state index in [-0.39, 0.29) is 18.2 Å². The van der Waals surface area contributed by atoms with Gasteiger partial charge in [0.1, 0.15) is 17.8 Å². The fourth-order valence-corrected chi connectivity index (χ4v) is 4.33. The molecule has 1 aliphatic rings. The van der Waals surface area contributed by atoms with Crippen molar-refractivity contribution in [3.8, 4) is 23.2 Å². The zero-order valence-corrected chi connectivity index (χ0v) is 21.6. The number of methoxy groups -OCH3 is 1. The highest BCUT2D eigenvalue weighted by Gasteiger charge is 2.35. The minimum atomic E-state index is -0.456. The van der Waals surface area contributed by atoms with Gasteiger partial charge in [0.15, 0.2) is 5.82 Å². The fourth-order valence-electron chi connectivity index (χ4n) is 4.33. The average Bonchev–Trinajstić information content (AvgIpc) is 3.45. The number of benzene rings is 2. The summed E-state index contributed by atoms with van der Waals surface area (Å²) in [5, 5.41) is 7.43. The number of rotatable bonds is 7. The molecule has 0 radical (unpaired) electrons. The fraction of sp³-hybridized carbons (Fsp3) is 0.250. The van der Waals surface area contributed by atoms with Crippen molar-refractivity contribution in [2.45, 2.75) is 27.2 Å². The van der Waals surface area contributed by atoms with E-state index in [0.29, 0.717) is 41.1 Å². The highest BCUT2D eigenvalue weighted by molar-refractivity contribution is 6.03. The number of aromatic nitrogens is 4. The predicted octanol–water partition coefficient (Wildman–Crippen LogP) is 4.38. The first-order chi connectivity index (χ1) is 18.3. The summed E-state index contributed by atoms with van der Waals surface area (Å²) < 4.78 is 12.9. The topological polar surface area (TPSA) is 111 Å². The van der Waals surface area contributed by atoms with E-state index in [4.69, 9.17) is 9.47 Å². The van der Waals surface area contributed by atoms with Crippen LogP contribution in [0.1, 0.15) is 23.4 Å². The first-order valence-electron chi connectivity index (χ1n) is 12.2. The van der Waals surface area contributed by atoms with Gasteiger partial charge >= 0.3 is 0 Å². The van der Waals surface area contributed by atoms with E-state index in [1.807, 2.05) is 39.0 Å². The standard InChI is InChI=1S/C28H28N6O4/c1-17-18(2)32-34(19(17)3)25-14-26(30-16-29-25)38-23-10-8-21(9-11-23)31-28(36)20-12-27(35)33(15-20)22-6-5-7-24(13-22)37-4/h5-11,13-14,16,20H,12,15H2,1-4H3,(H,31,36). The average molecular weight is 513 g/mol. The molecule has 0 saturated carbocycles. The van der Waals surface area contributed by atoms with Crippen molar-refractivity contribution in [3.05, 3.63) is 77.9 Å². The summed E-state index contributed by atoms with van der Waals surface area (Å²) in [6.45, 7) is 6.28. The Morgan fingerprint density at radius 3 is 2.53 bits per heavy atom. The van der Waals surface area contributed by atoms with Gasteiger partial charge in [-0.05, 0) is 62.7 Å². The Morgan fingerprint density at radius 2 is 1.82 bits per heavy atom. The molecule has 3 heterocycles. The van der Waals surface area contributed by atoms with Gasteiger partial charge in [-0.1, -0.05) is 6.07 Å². The lowest BCUT2D eigenvalue weighted by molar-refractivity contribution is -0.122. The Balaban J connectivity index is 1.22. The molecule has 1 unspecified atom stereocenters. The smallest absolute Gasteiger partial charge is 0.229 e. The number of amides is 2. The SMILES string of the molecule is COc1cccc(N2CC(C(=O)Nc3ccc(Oc4cc(-n5nc(C)c(C)c5C)ncn4)cc3)CC2=O)c1. The number of carbonyl (C=O) groups excluding carboxylic acids is 2. The molecule has 0 aliphatic carbocycles. The van der Waals surface area contributed by atoms with E-state index in [1.165, 1.54) is 6.33 Å². The van der Waals surface area contributed by atoms with Crippen LogP contribution < -0.4 is 19.7 Å². The second kappa shape index (κ2) is 10.3. The van der Waals surface area contributed by atoms with Gasteiger partial charge in [0.25, 0.3) is 0 Å². The maximum atomic E-state index is 12.9. The van der Waals surface area contributed by atoms with Gasteiger partial charge in [0, 0.05) is 42.2 Å². The third kappa shape index (κ3) is 5.06. The maximum absolute atomic E-state index is 12.9. The van der Waals surface area contributed by atoms with Crippen LogP contribution in [0.4, 0.5) is 11.4 Å². The van der Waals surface area contributed by atoms with Crippen LogP contribution >= 0.6 is 0 Å². The lowest BCUT2D eigenvalue weighted by atomic mass is 10.1. The predicted molar refractivity (Wildman–Crippen MR) is 142 cm³/mol. The van der Waals surface area contributed by atoms with Crippen molar-refractivity contribution < 1.29 is 19.1 Å². The molecule has 1 aliphatic heterocycles. The van der Waals surface area contributed by atoms with E-state index in [2.05, 4.69) is 20.4 Å². The van der Waals surface area contributed by atoms with E-state index in [9.17, 15) is 9.59 Å². The van der Waals surface area contributed by atoms with Gasteiger partial charge in [-0.2, -0.15) is 5.10 Å². The van der Waals surface area contributed by atoms with Gasteiger partial charge in [-0.25, -0.2) is 14.6 Å². The number of hydrogen-bond donors (Lipinski definition) is 1. The molecule has 10 heteroatoms. The number of hydrogen-bond acceptors (Lipinski definition) is 7. The number of aryl methyl sites for hydroxylation is 1. The van der Waals surface area contributed by atoms with Crippen molar-refractivity contribution in [2.24, 2.45) is 5.92 Å². The van der Waals surface area contributed by atoms with Crippen molar-refractivity contribution in [1.82, 2.24) is 19.7 Å². The molecule has 194 valence electrons. The van der Waals surface area contributed by atoms with Gasteiger partial charge in [-0.3, -0.25) is 9.59 Å². The first-order valence-corrected chi connectivity index (χ1v) is 12.2. The Morgan fingerprint density at radius 1 is 1.03 bits per heavy atom. The molecular weight excluding hydrogens is 484 g/mol. The summed E-state index contributed by atoms with van der Waals surface area (Å²) in [5.74, 6) is 1.44. The van der Waals surface area contributed by atoms with E-state index in [1.54, 1.807) is 53.1 Å². The number of ether oxygens (including phenoxy) is 2. The van der Waals surface area contributed by atoms with Crippen LogP contribution in [-0.4, -0.2) is 45.2 Å². The van der Waals surface area contributed by atoms with Crippen LogP contribution in [0, 0.1) is 26.7 Å². The Labute approximate surface area is 220 Å². The molecule has 1 N–H and O–H groups in total. The van der Waals surface area contributed by atoms with Crippen molar-refractivity contribution in [2.75, 3.05) is 23.9 Å². The Bertz CT molecular complexity index is 1500. The number of nitrogens with one attached hydrogen (secondary N) is 1. The van der Waals surface area contributed by atoms with Crippen LogP contribution in [-0.2, 0) is 9.59 Å². The molecule has 2 amide bonds. The van der Waals surface area contributed by atoms with E-state index < -0.39 is 5.92 Å². The highest BCUT2D eigenvalue weighted by atomic mass is 16.5. The Kier molecular flexibility index (Phi) is 6.78. The summed E-state index contributed by atoms with van der Waals surface area (Å²) in [7, 11) is 1.58. The molecule has 38 heavy (non-hydrogen) atoms. The number of carbonyl (C=O) groups is 2. The number of anilines is 2. The van der Waals surface area contributed by atoms with Gasteiger partial charge in [0.05, 0.1) is 18.7 Å². The van der Waals surface area contributed by atoms with Gasteiger partial charge in [0.2, 0.25) is 17.7 Å². The van der Waals surface area contributed by atoms with Crippen LogP contribution in [0.5, 0.6) is 17.4 Å². The second-order valence-electron chi connectivity index (χ2n) is 9.14. The lowest BCUT2D eigenvalue weighted by Crippen LogP contribution is -2.28. The molecule has 4 aromatic rings. The third-order valence-electron chi connectivity index (χ3n) is 6.70. The molecule has 2 aromatic carbocycles. The normalized spacial score (nSPS) is 15.0. The quantitative estimate of drug-likeness (QED) is 0.391. The van der Waals surface area contributed by atoms with Crippen molar-refractivity contribution in [3.63, 3.8) is 0 Å². The summed E-state index contributed by atoms with van der Waals surface area (Å²) in [6, 6.07) is 16.0. The molecule has 1 fully saturated rings. The largest absolute Gasteiger partial charge is 0.497 e. The molecule has 0 spiro atoms. The molecule has 2 aromatic heterocycles. The minimum Gasteiger partial charge on any atom is -0.497 e. The molecular formula is C28H28N6O4. The second-order valence-corrected chi connectivity index (χ2v) is 9.14. The molecule has 1 atom stereocenters. The zero-order valence-electron chi connectivity index (χ0n) is 21.6. The molecule has 1 saturated heterocycles. The molecule has 5 rings (SSSR count). The summed E-state index contributed by atoms with van der Waals surface area (Å²) in [5.41, 5.74) is 4.38. The summed E-state index contributed by atoms with van der Waals surface area (Å²) in [4.78, 5) is 35.6. The zero-order chi connectivity index (χ0) is 26.8.